The number of hydrogen-bond donors (Lipinski definition) is 3. The molecule has 2 N–H and O–H groups in total. The molecule has 0 fully saturated rings. The molecular weight excluding hydrogens is 228 g/mol. The van der Waals surface area contributed by atoms with Crippen LogP contribution in [0.4, 0.5) is 0 Å². The molecular formula is C11H12O2S2. The lowest BCUT2D eigenvalue weighted by molar-refractivity contribution is 0.0347. The third-order valence-electron chi connectivity index (χ3n) is 2.40. The molecule has 4 heteroatoms. The first-order valence-electron chi connectivity index (χ1n) is 4.67. The fraction of sp³-hybridized carbons (Fsp3) is 0.273. The summed E-state index contributed by atoms with van der Waals surface area (Å²) in [5.41, 5.74) is 0.773. The largest absolute Gasteiger partial charge is 0.389 e. The number of aliphatic hydroxyl groups is 2. The maximum absolute atomic E-state index is 9.91. The van der Waals surface area contributed by atoms with Crippen LogP contribution in [0.2, 0.25) is 0 Å². The topological polar surface area (TPSA) is 40.5 Å². The molecule has 0 radical (unpaired) electrons. The third kappa shape index (κ3) is 2.03. The second-order valence-electron chi connectivity index (χ2n) is 3.37. The SMILES string of the molecule is OC(CS)C(O)c1cccc2sccc12. The van der Waals surface area contributed by atoms with Crippen molar-refractivity contribution in [1.82, 2.24) is 0 Å². The van der Waals surface area contributed by atoms with Crippen LogP contribution in [0.25, 0.3) is 10.1 Å². The van der Waals surface area contributed by atoms with Gasteiger partial charge in [-0.1, -0.05) is 12.1 Å². The Morgan fingerprint density at radius 2 is 2.07 bits per heavy atom. The zero-order valence-corrected chi connectivity index (χ0v) is 9.71. The molecule has 1 heterocycles. The minimum atomic E-state index is -0.860. The normalized spacial score (nSPS) is 15.4. The first kappa shape index (κ1) is 11.0. The second kappa shape index (κ2) is 4.53. The first-order chi connectivity index (χ1) is 7.24. The van der Waals surface area contributed by atoms with E-state index in [4.69, 9.17) is 0 Å². The Morgan fingerprint density at radius 1 is 1.27 bits per heavy atom. The van der Waals surface area contributed by atoms with Crippen molar-refractivity contribution in [2.45, 2.75) is 12.2 Å². The van der Waals surface area contributed by atoms with E-state index < -0.39 is 12.2 Å². The van der Waals surface area contributed by atoms with Gasteiger partial charge >= 0.3 is 0 Å². The number of hydrogen-bond acceptors (Lipinski definition) is 4. The van der Waals surface area contributed by atoms with Gasteiger partial charge in [-0.2, -0.15) is 12.6 Å². The Morgan fingerprint density at radius 3 is 2.80 bits per heavy atom. The minimum Gasteiger partial charge on any atom is -0.389 e. The lowest BCUT2D eigenvalue weighted by atomic mass is 10.0. The highest BCUT2D eigenvalue weighted by Gasteiger charge is 2.18. The molecule has 80 valence electrons. The highest BCUT2D eigenvalue weighted by atomic mass is 32.1. The summed E-state index contributed by atoms with van der Waals surface area (Å²) < 4.78 is 1.12. The fourth-order valence-corrected chi connectivity index (χ4v) is 2.60. The third-order valence-corrected chi connectivity index (χ3v) is 3.66. The summed E-state index contributed by atoms with van der Waals surface area (Å²) in [6.45, 7) is 0. The van der Waals surface area contributed by atoms with Crippen molar-refractivity contribution >= 4 is 34.1 Å². The van der Waals surface area contributed by atoms with E-state index in [1.54, 1.807) is 11.3 Å². The van der Waals surface area contributed by atoms with Gasteiger partial charge in [0.1, 0.15) is 6.10 Å². The van der Waals surface area contributed by atoms with E-state index in [9.17, 15) is 10.2 Å². The van der Waals surface area contributed by atoms with Crippen LogP contribution < -0.4 is 0 Å². The van der Waals surface area contributed by atoms with Crippen molar-refractivity contribution in [2.24, 2.45) is 0 Å². The number of benzene rings is 1. The summed E-state index contributed by atoms with van der Waals surface area (Å²) >= 11 is 5.60. The standard InChI is InChI=1S/C11H12O2S2/c12-9(6-14)11(13)8-2-1-3-10-7(8)4-5-15-10/h1-5,9,11-14H,6H2. The minimum absolute atomic E-state index is 0.252. The van der Waals surface area contributed by atoms with Crippen LogP contribution in [0.1, 0.15) is 11.7 Å². The molecule has 2 rings (SSSR count). The lowest BCUT2D eigenvalue weighted by Gasteiger charge is -2.16. The van der Waals surface area contributed by atoms with Gasteiger partial charge in [0.05, 0.1) is 6.10 Å². The van der Waals surface area contributed by atoms with E-state index in [-0.39, 0.29) is 5.75 Å². The van der Waals surface area contributed by atoms with Gasteiger partial charge in [0.15, 0.2) is 0 Å². The van der Waals surface area contributed by atoms with Crippen LogP contribution in [-0.4, -0.2) is 22.1 Å². The number of thiophene rings is 1. The molecule has 0 saturated carbocycles. The second-order valence-corrected chi connectivity index (χ2v) is 4.69. The van der Waals surface area contributed by atoms with Crippen LogP contribution in [0.5, 0.6) is 0 Å². The molecule has 0 amide bonds. The van der Waals surface area contributed by atoms with Crippen molar-refractivity contribution in [3.8, 4) is 0 Å². The predicted octanol–water partition coefficient (Wildman–Crippen LogP) is 2.23. The van der Waals surface area contributed by atoms with Crippen LogP contribution in [0, 0.1) is 0 Å². The van der Waals surface area contributed by atoms with Gasteiger partial charge in [0.2, 0.25) is 0 Å². The molecule has 0 aliphatic heterocycles. The average Bonchev–Trinajstić information content (AvgIpc) is 2.74. The summed E-state index contributed by atoms with van der Waals surface area (Å²) in [5, 5.41) is 22.5. The van der Waals surface area contributed by atoms with Crippen molar-refractivity contribution in [3.05, 3.63) is 35.2 Å². The van der Waals surface area contributed by atoms with Gasteiger partial charge < -0.3 is 10.2 Å². The molecule has 0 aliphatic rings. The highest BCUT2D eigenvalue weighted by Crippen LogP contribution is 2.29. The zero-order chi connectivity index (χ0) is 10.8. The van der Waals surface area contributed by atoms with Crippen molar-refractivity contribution in [1.29, 1.82) is 0 Å². The summed E-state index contributed by atoms with van der Waals surface area (Å²) in [6, 6.07) is 7.70. The van der Waals surface area contributed by atoms with E-state index in [2.05, 4.69) is 12.6 Å². The van der Waals surface area contributed by atoms with E-state index in [1.165, 1.54) is 0 Å². The molecule has 2 nitrogen and oxygen atoms in total. The van der Waals surface area contributed by atoms with Gasteiger partial charge in [-0.05, 0) is 28.5 Å². The molecule has 2 aromatic rings. The first-order valence-corrected chi connectivity index (χ1v) is 6.18. The fourth-order valence-electron chi connectivity index (χ4n) is 1.58. The van der Waals surface area contributed by atoms with Gasteiger partial charge in [-0.3, -0.25) is 0 Å². The summed E-state index contributed by atoms with van der Waals surface area (Å²) in [4.78, 5) is 0. The maximum Gasteiger partial charge on any atom is 0.106 e. The van der Waals surface area contributed by atoms with E-state index in [0.29, 0.717) is 0 Å². The smallest absolute Gasteiger partial charge is 0.106 e. The monoisotopic (exact) mass is 240 g/mol. The van der Waals surface area contributed by atoms with Crippen LogP contribution >= 0.6 is 24.0 Å². The van der Waals surface area contributed by atoms with Crippen molar-refractivity contribution in [2.75, 3.05) is 5.75 Å². The van der Waals surface area contributed by atoms with Crippen LogP contribution in [-0.2, 0) is 0 Å². The molecule has 15 heavy (non-hydrogen) atoms. The van der Waals surface area contributed by atoms with Crippen LogP contribution in [0.15, 0.2) is 29.6 Å². The summed E-state index contributed by atoms with van der Waals surface area (Å²) in [5.74, 6) is 0.252. The highest BCUT2D eigenvalue weighted by molar-refractivity contribution is 7.80. The van der Waals surface area contributed by atoms with E-state index in [1.807, 2.05) is 29.6 Å². The van der Waals surface area contributed by atoms with Gasteiger partial charge in [0.25, 0.3) is 0 Å². The Labute approximate surface area is 97.6 Å². The number of aliphatic hydroxyl groups excluding tert-OH is 2. The molecule has 2 atom stereocenters. The maximum atomic E-state index is 9.91. The van der Waals surface area contributed by atoms with Crippen molar-refractivity contribution < 1.29 is 10.2 Å². The van der Waals surface area contributed by atoms with Crippen molar-refractivity contribution in [3.63, 3.8) is 0 Å². The molecule has 0 aliphatic carbocycles. The number of thiol groups is 1. The van der Waals surface area contributed by atoms with E-state index in [0.717, 1.165) is 15.6 Å². The average molecular weight is 240 g/mol. The Hall–Kier alpha value is -0.550. The summed E-state index contributed by atoms with van der Waals surface area (Å²) in [6.07, 6.45) is -1.68. The van der Waals surface area contributed by atoms with Gasteiger partial charge in [-0.25, -0.2) is 0 Å². The van der Waals surface area contributed by atoms with Gasteiger partial charge in [-0.15, -0.1) is 11.3 Å². The molecule has 1 aromatic carbocycles. The molecule has 1 aromatic heterocycles. The van der Waals surface area contributed by atoms with E-state index >= 15 is 0 Å². The Kier molecular flexibility index (Phi) is 3.31. The van der Waals surface area contributed by atoms with Crippen LogP contribution in [0.3, 0.4) is 0 Å². The lowest BCUT2D eigenvalue weighted by Crippen LogP contribution is -2.19. The number of rotatable bonds is 3. The zero-order valence-electron chi connectivity index (χ0n) is 8.00. The Balaban J connectivity index is 2.46. The number of fused-ring (bicyclic) bond motifs is 1. The Bertz CT molecular complexity index is 453. The quantitative estimate of drug-likeness (QED) is 0.720. The molecule has 0 bridgehead atoms. The molecule has 0 spiro atoms. The van der Waals surface area contributed by atoms with Gasteiger partial charge in [0, 0.05) is 10.5 Å². The molecule has 0 saturated heterocycles. The molecule has 2 unspecified atom stereocenters. The predicted molar refractivity (Wildman–Crippen MR) is 66.6 cm³/mol. The summed E-state index contributed by atoms with van der Waals surface area (Å²) in [7, 11) is 0.